The fourth-order valence-electron chi connectivity index (χ4n) is 1.09. The van der Waals surface area contributed by atoms with Gasteiger partial charge >= 0.3 is 11.8 Å². The van der Waals surface area contributed by atoms with Crippen LogP contribution in [0.1, 0.15) is 10.7 Å². The third kappa shape index (κ3) is 2.02. The highest BCUT2D eigenvalue weighted by molar-refractivity contribution is 6.30. The molecule has 0 spiro atoms. The molecule has 0 unspecified atom stereocenters. The monoisotopic (exact) mass is 238 g/mol. The van der Waals surface area contributed by atoms with Crippen LogP contribution in [0, 0.1) is 0 Å². The summed E-state index contributed by atoms with van der Waals surface area (Å²) in [6.45, 7) is 0. The van der Waals surface area contributed by atoms with E-state index in [0.717, 1.165) is 0 Å². The Morgan fingerprint density at radius 2 is 2.00 bits per heavy atom. The Bertz CT molecular complexity index is 508. The molecular formula is C9H7ClN4O2. The molecule has 1 aromatic heterocycles. The third-order valence-corrected chi connectivity index (χ3v) is 2.09. The molecule has 16 heavy (non-hydrogen) atoms. The van der Waals surface area contributed by atoms with Crippen LogP contribution in [0.4, 0.5) is 0 Å². The lowest BCUT2D eigenvalue weighted by molar-refractivity contribution is 0.0919. The Labute approximate surface area is 95.4 Å². The largest absolute Gasteiger partial charge is 0.412 e. The summed E-state index contributed by atoms with van der Waals surface area (Å²) in [5.41, 5.74) is 2.57. The van der Waals surface area contributed by atoms with Crippen LogP contribution in [0.5, 0.6) is 0 Å². The number of carbonyl (C=O) groups is 1. The predicted molar refractivity (Wildman–Crippen MR) is 56.4 cm³/mol. The Hall–Kier alpha value is -1.92. The Balaban J connectivity index is 2.31. The van der Waals surface area contributed by atoms with Gasteiger partial charge in [0, 0.05) is 10.6 Å². The lowest BCUT2D eigenvalue weighted by atomic mass is 10.2. The number of nitrogens with one attached hydrogen (secondary N) is 1. The van der Waals surface area contributed by atoms with Crippen LogP contribution < -0.4 is 11.3 Å². The van der Waals surface area contributed by atoms with Crippen LogP contribution in [-0.4, -0.2) is 16.1 Å². The fraction of sp³-hybridized carbons (Fsp3) is 0. The quantitative estimate of drug-likeness (QED) is 0.462. The first kappa shape index (κ1) is 10.6. The summed E-state index contributed by atoms with van der Waals surface area (Å²) in [6.07, 6.45) is 0. The van der Waals surface area contributed by atoms with E-state index >= 15 is 0 Å². The van der Waals surface area contributed by atoms with Crippen molar-refractivity contribution in [3.05, 3.63) is 35.2 Å². The number of halogens is 1. The van der Waals surface area contributed by atoms with Crippen molar-refractivity contribution < 1.29 is 9.21 Å². The van der Waals surface area contributed by atoms with Crippen molar-refractivity contribution in [2.24, 2.45) is 5.84 Å². The summed E-state index contributed by atoms with van der Waals surface area (Å²) in [6, 6.07) is 6.79. The SMILES string of the molecule is NNC(=O)c1nnc(-c2ccc(Cl)cc2)o1. The molecule has 0 aliphatic rings. The van der Waals surface area contributed by atoms with E-state index in [1.165, 1.54) is 0 Å². The molecule has 82 valence electrons. The Morgan fingerprint density at radius 1 is 1.31 bits per heavy atom. The molecular weight excluding hydrogens is 232 g/mol. The van der Waals surface area contributed by atoms with Crippen LogP contribution in [-0.2, 0) is 0 Å². The fourth-order valence-corrected chi connectivity index (χ4v) is 1.21. The van der Waals surface area contributed by atoms with Gasteiger partial charge in [0.15, 0.2) is 0 Å². The second-order valence-electron chi connectivity index (χ2n) is 2.89. The molecule has 0 aliphatic carbocycles. The summed E-state index contributed by atoms with van der Waals surface area (Å²) in [4.78, 5) is 11.1. The molecule has 2 aromatic rings. The van der Waals surface area contributed by atoms with Gasteiger partial charge in [0.1, 0.15) is 0 Å². The molecule has 0 radical (unpaired) electrons. The average molecular weight is 239 g/mol. The third-order valence-electron chi connectivity index (χ3n) is 1.84. The molecule has 1 amide bonds. The zero-order chi connectivity index (χ0) is 11.5. The maximum absolute atomic E-state index is 11.1. The molecule has 0 saturated carbocycles. The molecule has 1 aromatic carbocycles. The number of carbonyl (C=O) groups excluding carboxylic acids is 1. The van der Waals surface area contributed by atoms with E-state index in [2.05, 4.69) is 10.2 Å². The van der Waals surface area contributed by atoms with Crippen LogP contribution in [0.2, 0.25) is 5.02 Å². The Kier molecular flexibility index (Phi) is 2.84. The number of aromatic nitrogens is 2. The number of benzene rings is 1. The molecule has 3 N–H and O–H groups in total. The van der Waals surface area contributed by atoms with Crippen LogP contribution >= 0.6 is 11.6 Å². The lowest BCUT2D eigenvalue weighted by Crippen LogP contribution is -2.30. The normalized spacial score (nSPS) is 10.1. The number of hydrogen-bond acceptors (Lipinski definition) is 5. The van der Waals surface area contributed by atoms with E-state index < -0.39 is 5.91 Å². The molecule has 2 rings (SSSR count). The predicted octanol–water partition coefficient (Wildman–Crippen LogP) is 0.994. The van der Waals surface area contributed by atoms with Gasteiger partial charge in [-0.05, 0) is 24.3 Å². The van der Waals surface area contributed by atoms with Gasteiger partial charge in [-0.2, -0.15) is 0 Å². The van der Waals surface area contributed by atoms with E-state index in [1.807, 2.05) is 5.43 Å². The zero-order valence-electron chi connectivity index (χ0n) is 7.98. The molecule has 0 fully saturated rings. The van der Waals surface area contributed by atoms with Crippen molar-refractivity contribution >= 4 is 17.5 Å². The van der Waals surface area contributed by atoms with E-state index in [-0.39, 0.29) is 11.8 Å². The van der Waals surface area contributed by atoms with Gasteiger partial charge in [-0.25, -0.2) is 5.84 Å². The lowest BCUT2D eigenvalue weighted by Gasteiger charge is -1.94. The summed E-state index contributed by atoms with van der Waals surface area (Å²) < 4.78 is 5.10. The smallest absolute Gasteiger partial charge is 0.322 e. The molecule has 7 heteroatoms. The zero-order valence-corrected chi connectivity index (χ0v) is 8.73. The van der Waals surface area contributed by atoms with Crippen molar-refractivity contribution in [3.63, 3.8) is 0 Å². The number of nitrogen functional groups attached to an aromatic ring is 1. The minimum Gasteiger partial charge on any atom is -0.412 e. The molecule has 0 aliphatic heterocycles. The minimum absolute atomic E-state index is 0.188. The van der Waals surface area contributed by atoms with Gasteiger partial charge in [0.2, 0.25) is 5.89 Å². The first-order valence-electron chi connectivity index (χ1n) is 4.31. The van der Waals surface area contributed by atoms with Crippen molar-refractivity contribution in [3.8, 4) is 11.5 Å². The van der Waals surface area contributed by atoms with Crippen LogP contribution in [0.15, 0.2) is 28.7 Å². The van der Waals surface area contributed by atoms with Crippen molar-refractivity contribution in [1.82, 2.24) is 15.6 Å². The van der Waals surface area contributed by atoms with E-state index in [1.54, 1.807) is 24.3 Å². The number of rotatable bonds is 2. The number of nitrogens with two attached hydrogens (primary N) is 1. The second-order valence-corrected chi connectivity index (χ2v) is 3.33. The summed E-state index contributed by atoms with van der Waals surface area (Å²) in [7, 11) is 0. The molecule has 1 heterocycles. The summed E-state index contributed by atoms with van der Waals surface area (Å²) in [5, 5.41) is 7.85. The molecule has 0 saturated heterocycles. The summed E-state index contributed by atoms with van der Waals surface area (Å²) >= 11 is 5.73. The topological polar surface area (TPSA) is 94.0 Å². The maximum Gasteiger partial charge on any atom is 0.322 e. The maximum atomic E-state index is 11.1. The standard InChI is InChI=1S/C9H7ClN4O2/c10-6-3-1-5(2-4-6)8-13-14-9(16-8)7(15)12-11/h1-4H,11H2,(H,12,15). The van der Waals surface area contributed by atoms with E-state index in [9.17, 15) is 4.79 Å². The van der Waals surface area contributed by atoms with E-state index in [0.29, 0.717) is 10.6 Å². The second kappa shape index (κ2) is 4.30. The van der Waals surface area contributed by atoms with Gasteiger partial charge < -0.3 is 4.42 Å². The van der Waals surface area contributed by atoms with Gasteiger partial charge in [0.05, 0.1) is 0 Å². The van der Waals surface area contributed by atoms with Crippen molar-refractivity contribution in [1.29, 1.82) is 0 Å². The van der Waals surface area contributed by atoms with Crippen LogP contribution in [0.25, 0.3) is 11.5 Å². The van der Waals surface area contributed by atoms with Gasteiger partial charge in [-0.1, -0.05) is 11.6 Å². The van der Waals surface area contributed by atoms with Gasteiger partial charge in [-0.15, -0.1) is 10.2 Å². The van der Waals surface area contributed by atoms with Gasteiger partial charge in [0.25, 0.3) is 0 Å². The Morgan fingerprint density at radius 3 is 2.62 bits per heavy atom. The first-order chi connectivity index (χ1) is 7.70. The average Bonchev–Trinajstić information content (AvgIpc) is 2.78. The first-order valence-corrected chi connectivity index (χ1v) is 4.69. The number of hydrazine groups is 1. The van der Waals surface area contributed by atoms with Crippen molar-refractivity contribution in [2.45, 2.75) is 0 Å². The minimum atomic E-state index is -0.632. The van der Waals surface area contributed by atoms with Crippen LogP contribution in [0.3, 0.4) is 0 Å². The molecule has 0 bridgehead atoms. The number of nitrogens with zero attached hydrogens (tertiary/aromatic N) is 2. The number of hydrogen-bond donors (Lipinski definition) is 2. The number of amides is 1. The highest BCUT2D eigenvalue weighted by atomic mass is 35.5. The highest BCUT2D eigenvalue weighted by Crippen LogP contribution is 2.19. The summed E-state index contributed by atoms with van der Waals surface area (Å²) in [5.74, 6) is 4.34. The molecule has 6 nitrogen and oxygen atoms in total. The van der Waals surface area contributed by atoms with E-state index in [4.69, 9.17) is 21.9 Å². The van der Waals surface area contributed by atoms with Crippen molar-refractivity contribution in [2.75, 3.05) is 0 Å². The molecule has 0 atom stereocenters. The van der Waals surface area contributed by atoms with Gasteiger partial charge in [-0.3, -0.25) is 10.2 Å². The highest BCUT2D eigenvalue weighted by Gasteiger charge is 2.14.